The van der Waals surface area contributed by atoms with Gasteiger partial charge in [-0.15, -0.1) is 0 Å². The predicted octanol–water partition coefficient (Wildman–Crippen LogP) is 10.5. The summed E-state index contributed by atoms with van der Waals surface area (Å²) < 4.78 is 0. The summed E-state index contributed by atoms with van der Waals surface area (Å²) in [6.45, 7) is 11.5. The highest BCUT2D eigenvalue weighted by molar-refractivity contribution is 6.16. The van der Waals surface area contributed by atoms with Crippen molar-refractivity contribution in [1.29, 1.82) is 5.41 Å². The molecule has 0 fully saturated rings. The normalized spacial score (nSPS) is 15.4. The van der Waals surface area contributed by atoms with Gasteiger partial charge in [0.25, 0.3) is 0 Å². The topological polar surface area (TPSA) is 87.2 Å². The Bertz CT molecular complexity index is 2050. The van der Waals surface area contributed by atoms with Gasteiger partial charge in [0.15, 0.2) is 5.78 Å². The first kappa shape index (κ1) is 32.4. The number of anilines is 1. The second kappa shape index (κ2) is 13.6. The summed E-state index contributed by atoms with van der Waals surface area (Å²) in [7, 11) is 0. The zero-order valence-corrected chi connectivity index (χ0v) is 27.8. The fourth-order valence-corrected chi connectivity index (χ4v) is 6.89. The van der Waals surface area contributed by atoms with Gasteiger partial charge in [-0.2, -0.15) is 0 Å². The van der Waals surface area contributed by atoms with Crippen molar-refractivity contribution in [2.75, 3.05) is 5.73 Å². The molecule has 0 aliphatic heterocycles. The number of ketones is 1. The van der Waals surface area contributed by atoms with Crippen molar-refractivity contribution in [3.8, 4) is 0 Å². The molecule has 0 unspecified atom stereocenters. The lowest BCUT2D eigenvalue weighted by Crippen LogP contribution is -2.05. The largest absolute Gasteiger partial charge is 0.512 e. The third kappa shape index (κ3) is 6.12. The van der Waals surface area contributed by atoms with Gasteiger partial charge in [-0.1, -0.05) is 86.7 Å². The van der Waals surface area contributed by atoms with Crippen LogP contribution in [0.2, 0.25) is 0 Å². The number of hydrogen-bond acceptors (Lipinski definition) is 4. The molecule has 4 aromatic carbocycles. The minimum Gasteiger partial charge on any atom is -0.512 e. The van der Waals surface area contributed by atoms with Crippen LogP contribution >= 0.6 is 0 Å². The number of nitrogens with one attached hydrogen (secondary N) is 1. The maximum atomic E-state index is 12.9. The fraction of sp³-hybridized carbons (Fsp3) is 0.238. The molecule has 234 valence electrons. The Balaban J connectivity index is 1.59. The van der Waals surface area contributed by atoms with Gasteiger partial charge in [-0.3, -0.25) is 4.79 Å². The van der Waals surface area contributed by atoms with E-state index in [4.69, 9.17) is 11.1 Å². The van der Waals surface area contributed by atoms with E-state index in [0.717, 1.165) is 74.7 Å². The predicted molar refractivity (Wildman–Crippen MR) is 196 cm³/mol. The van der Waals surface area contributed by atoms with E-state index in [1.165, 1.54) is 28.8 Å². The fourth-order valence-electron chi connectivity index (χ4n) is 6.89. The lowest BCUT2D eigenvalue weighted by Gasteiger charge is -2.13. The Labute approximate surface area is 272 Å². The van der Waals surface area contributed by atoms with Crippen LogP contribution in [0.1, 0.15) is 75.3 Å². The van der Waals surface area contributed by atoms with Gasteiger partial charge in [0.1, 0.15) is 5.76 Å². The Morgan fingerprint density at radius 3 is 2.13 bits per heavy atom. The number of aliphatic hydroxyl groups excluding tert-OH is 1. The molecule has 0 amide bonds. The smallest absolute Gasteiger partial charge is 0.163 e. The highest BCUT2D eigenvalue weighted by atomic mass is 16.3. The van der Waals surface area contributed by atoms with Gasteiger partial charge in [-0.25, -0.2) is 0 Å². The van der Waals surface area contributed by atoms with Gasteiger partial charge < -0.3 is 16.2 Å². The summed E-state index contributed by atoms with van der Waals surface area (Å²) in [6.07, 6.45) is 11.2. The quantitative estimate of drug-likeness (QED) is 0.0764. The van der Waals surface area contributed by atoms with Crippen LogP contribution in [-0.2, 0) is 17.6 Å². The van der Waals surface area contributed by atoms with E-state index in [9.17, 15) is 9.90 Å². The monoisotopic (exact) mass is 608 g/mol. The van der Waals surface area contributed by atoms with Crippen LogP contribution in [0, 0.1) is 12.3 Å². The number of nitrogen functional groups attached to an aromatic ring is 1. The number of rotatable bonds is 9. The van der Waals surface area contributed by atoms with E-state index in [1.807, 2.05) is 30.4 Å². The van der Waals surface area contributed by atoms with Crippen LogP contribution in [0.25, 0.3) is 27.1 Å². The molecule has 0 bridgehead atoms. The SMILES string of the molecule is CCc1ccc(C)c2c(C(=N)C=CC3=C(C(C(C)=O)=C(C)O)/C(=C/C=C(/C)c4cccc5c(CC)ccc(N)c45)CC3)cccc12. The van der Waals surface area contributed by atoms with E-state index in [-0.39, 0.29) is 11.5 Å². The van der Waals surface area contributed by atoms with E-state index in [2.05, 4.69) is 82.3 Å². The molecule has 0 saturated heterocycles. The zero-order chi connectivity index (χ0) is 33.1. The van der Waals surface area contributed by atoms with Crippen molar-refractivity contribution < 1.29 is 9.90 Å². The van der Waals surface area contributed by atoms with Crippen LogP contribution in [0.5, 0.6) is 0 Å². The Morgan fingerprint density at radius 2 is 1.50 bits per heavy atom. The number of aryl methyl sites for hydroxylation is 3. The van der Waals surface area contributed by atoms with Gasteiger partial charge in [0.05, 0.1) is 11.3 Å². The van der Waals surface area contributed by atoms with Crippen LogP contribution < -0.4 is 5.73 Å². The van der Waals surface area contributed by atoms with Crippen molar-refractivity contribution in [3.05, 3.63) is 141 Å². The number of carbonyl (C=O) groups excluding carboxylic acids is 1. The van der Waals surface area contributed by atoms with Crippen molar-refractivity contribution in [1.82, 2.24) is 0 Å². The number of hydrogen-bond donors (Lipinski definition) is 3. The first-order chi connectivity index (χ1) is 22.1. The highest BCUT2D eigenvalue weighted by Crippen LogP contribution is 2.39. The van der Waals surface area contributed by atoms with E-state index < -0.39 is 0 Å². The van der Waals surface area contributed by atoms with Crippen molar-refractivity contribution in [3.63, 3.8) is 0 Å². The first-order valence-corrected chi connectivity index (χ1v) is 16.2. The summed E-state index contributed by atoms with van der Waals surface area (Å²) in [4.78, 5) is 12.9. The molecule has 0 heterocycles. The molecule has 46 heavy (non-hydrogen) atoms. The summed E-state index contributed by atoms with van der Waals surface area (Å²) in [5, 5.41) is 24.3. The van der Waals surface area contributed by atoms with Crippen LogP contribution in [0.15, 0.2) is 113 Å². The molecule has 0 aromatic heterocycles. The van der Waals surface area contributed by atoms with Gasteiger partial charge in [-0.05, 0) is 126 Å². The van der Waals surface area contributed by atoms with Gasteiger partial charge in [0.2, 0.25) is 0 Å². The molecule has 1 aliphatic carbocycles. The molecule has 4 aromatic rings. The molecule has 0 saturated carbocycles. The third-order valence-corrected chi connectivity index (χ3v) is 9.23. The molecular weight excluding hydrogens is 564 g/mol. The van der Waals surface area contributed by atoms with Crippen LogP contribution in [-0.4, -0.2) is 16.6 Å². The summed E-state index contributed by atoms with van der Waals surface area (Å²) >= 11 is 0. The number of benzene rings is 4. The highest BCUT2D eigenvalue weighted by Gasteiger charge is 2.26. The average molecular weight is 609 g/mol. The standard InChI is InChI=1S/C42H44N2O2/c1-7-29-17-16-26(4)39-34(29)12-10-14-36(39)37(43)23-22-32-20-19-31(41(32)40(27(5)45)28(6)46)18-15-25(3)33-11-9-13-35-30(8-2)21-24-38(44)42(33)35/h9-18,21-24,43,45H,7-8,19-20,44H2,1-6H3/b23-22?,25-15-,31-18+,40-27?,43-37?. The summed E-state index contributed by atoms with van der Waals surface area (Å²) in [6, 6.07) is 20.9. The zero-order valence-electron chi connectivity index (χ0n) is 27.8. The molecular formula is C42H44N2O2. The minimum atomic E-state index is -0.185. The van der Waals surface area contributed by atoms with Gasteiger partial charge >= 0.3 is 0 Å². The maximum Gasteiger partial charge on any atom is 0.163 e. The van der Waals surface area contributed by atoms with Crippen molar-refractivity contribution in [2.45, 2.75) is 67.2 Å². The molecule has 1 aliphatic rings. The minimum absolute atomic E-state index is 0.00248. The molecule has 0 atom stereocenters. The average Bonchev–Trinajstić information content (AvgIpc) is 3.43. The Kier molecular flexibility index (Phi) is 9.57. The molecule has 4 heteroatoms. The lowest BCUT2D eigenvalue weighted by atomic mass is 9.91. The molecule has 0 spiro atoms. The van der Waals surface area contributed by atoms with E-state index in [0.29, 0.717) is 17.7 Å². The van der Waals surface area contributed by atoms with Crippen LogP contribution in [0.3, 0.4) is 0 Å². The van der Waals surface area contributed by atoms with Crippen molar-refractivity contribution in [2.24, 2.45) is 0 Å². The third-order valence-electron chi connectivity index (χ3n) is 9.23. The van der Waals surface area contributed by atoms with E-state index >= 15 is 0 Å². The number of nitrogens with two attached hydrogens (primary N) is 1. The van der Waals surface area contributed by atoms with Crippen LogP contribution in [0.4, 0.5) is 5.69 Å². The number of Topliss-reactive ketones (excluding diaryl/α,β-unsaturated/α-hetero) is 1. The Morgan fingerprint density at radius 1 is 0.870 bits per heavy atom. The Hall–Kier alpha value is -4.96. The summed E-state index contributed by atoms with van der Waals surface area (Å²) in [5.41, 5.74) is 17.4. The van der Waals surface area contributed by atoms with Crippen molar-refractivity contribution >= 4 is 44.3 Å². The number of allylic oxidation sites excluding steroid dienone is 10. The first-order valence-electron chi connectivity index (χ1n) is 16.2. The number of fused-ring (bicyclic) bond motifs is 2. The van der Waals surface area contributed by atoms with E-state index in [1.54, 1.807) is 6.92 Å². The lowest BCUT2D eigenvalue weighted by molar-refractivity contribution is -0.113. The molecule has 4 N–H and O–H groups in total. The number of carbonyl (C=O) groups is 1. The molecule has 0 radical (unpaired) electrons. The maximum absolute atomic E-state index is 12.9. The summed E-state index contributed by atoms with van der Waals surface area (Å²) in [5.74, 6) is -0.183. The molecule has 5 rings (SSSR count). The van der Waals surface area contributed by atoms with Gasteiger partial charge in [0, 0.05) is 16.6 Å². The molecule has 4 nitrogen and oxygen atoms in total. The number of aliphatic hydroxyl groups is 1. The second-order valence-corrected chi connectivity index (χ2v) is 12.2. The second-order valence-electron chi connectivity index (χ2n) is 12.2.